The van der Waals surface area contributed by atoms with E-state index in [0.29, 0.717) is 10.7 Å². The Morgan fingerprint density at radius 1 is 0.926 bits per heavy atom. The van der Waals surface area contributed by atoms with Crippen LogP contribution in [0.1, 0.15) is 11.3 Å². The molecule has 134 valence electrons. The third-order valence-electron chi connectivity index (χ3n) is 4.35. The van der Waals surface area contributed by atoms with E-state index in [1.54, 1.807) is 30.3 Å². The zero-order valence-corrected chi connectivity index (χ0v) is 15.3. The molecule has 3 amide bonds. The first-order chi connectivity index (χ1) is 13.0. The number of aromatic nitrogens is 1. The fourth-order valence-corrected chi connectivity index (χ4v) is 3.09. The number of hydrogen-bond acceptors (Lipinski definition) is 2. The van der Waals surface area contributed by atoms with E-state index in [1.807, 2.05) is 54.1 Å². The van der Waals surface area contributed by atoms with Gasteiger partial charge in [-0.1, -0.05) is 29.3 Å². The minimum Gasteiger partial charge on any atom is -0.317 e. The van der Waals surface area contributed by atoms with E-state index < -0.39 is 11.9 Å². The zero-order chi connectivity index (χ0) is 19.0. The Kier molecular flexibility index (Phi) is 4.30. The summed E-state index contributed by atoms with van der Waals surface area (Å²) in [6, 6.07) is 17.9. The first-order valence-electron chi connectivity index (χ1n) is 8.40. The summed E-state index contributed by atoms with van der Waals surface area (Å²) in [7, 11) is 0. The van der Waals surface area contributed by atoms with Crippen molar-refractivity contribution in [1.82, 2.24) is 9.88 Å². The number of carbonyl (C=O) groups excluding carboxylic acids is 2. The number of benzene rings is 2. The third-order valence-corrected chi connectivity index (χ3v) is 4.60. The molecule has 2 aromatic carbocycles. The standard InChI is InChI=1S/C21H16ClN3O2/c1-14-4-8-16(9-5-14)24-12-2-3-18(24)13-19-20(26)25(21(27)23-19)17-10-6-15(22)7-11-17/h2-13H,1H3,(H,23,27)/b19-13-. The minimum absolute atomic E-state index is 0.224. The lowest BCUT2D eigenvalue weighted by atomic mass is 10.2. The Morgan fingerprint density at radius 2 is 1.59 bits per heavy atom. The summed E-state index contributed by atoms with van der Waals surface area (Å²) in [5.41, 5.74) is 3.63. The molecule has 0 atom stereocenters. The first kappa shape index (κ1) is 17.1. The zero-order valence-electron chi connectivity index (χ0n) is 14.5. The molecule has 6 heteroatoms. The normalized spacial score (nSPS) is 15.5. The van der Waals surface area contributed by atoms with Crippen molar-refractivity contribution in [2.24, 2.45) is 0 Å². The van der Waals surface area contributed by atoms with E-state index in [9.17, 15) is 9.59 Å². The Balaban J connectivity index is 1.67. The van der Waals surface area contributed by atoms with Gasteiger partial charge in [-0.2, -0.15) is 0 Å². The molecule has 27 heavy (non-hydrogen) atoms. The maximum atomic E-state index is 12.8. The van der Waals surface area contributed by atoms with Gasteiger partial charge in [0.1, 0.15) is 5.70 Å². The SMILES string of the molecule is Cc1ccc(-n2cccc2/C=C2\NC(=O)N(c3ccc(Cl)cc3)C2=O)cc1. The number of halogens is 1. The van der Waals surface area contributed by atoms with E-state index in [-0.39, 0.29) is 5.70 Å². The Morgan fingerprint density at radius 3 is 2.30 bits per heavy atom. The smallest absolute Gasteiger partial charge is 0.317 e. The molecule has 4 rings (SSSR count). The van der Waals surface area contributed by atoms with Gasteiger partial charge < -0.3 is 9.88 Å². The number of carbonyl (C=O) groups is 2. The van der Waals surface area contributed by atoms with Crippen LogP contribution in [0, 0.1) is 6.92 Å². The number of amides is 3. The highest BCUT2D eigenvalue weighted by atomic mass is 35.5. The van der Waals surface area contributed by atoms with Gasteiger partial charge in [0.25, 0.3) is 5.91 Å². The molecular formula is C21H16ClN3O2. The van der Waals surface area contributed by atoms with Crippen molar-refractivity contribution >= 4 is 35.3 Å². The molecule has 1 aliphatic rings. The molecule has 2 heterocycles. The maximum Gasteiger partial charge on any atom is 0.333 e. The van der Waals surface area contributed by atoms with Crippen molar-refractivity contribution in [2.45, 2.75) is 6.92 Å². The Hall–Kier alpha value is -3.31. The predicted molar refractivity (Wildman–Crippen MR) is 106 cm³/mol. The first-order valence-corrected chi connectivity index (χ1v) is 8.78. The average molecular weight is 378 g/mol. The molecular weight excluding hydrogens is 362 g/mol. The lowest BCUT2D eigenvalue weighted by molar-refractivity contribution is -0.113. The number of nitrogens with zero attached hydrogens (tertiary/aromatic N) is 2. The van der Waals surface area contributed by atoms with Crippen molar-refractivity contribution in [3.8, 4) is 5.69 Å². The molecule has 0 bridgehead atoms. The van der Waals surface area contributed by atoms with Gasteiger partial charge in [-0.3, -0.25) is 4.79 Å². The summed E-state index contributed by atoms with van der Waals surface area (Å²) in [4.78, 5) is 26.2. The van der Waals surface area contributed by atoms with Gasteiger partial charge in [0.2, 0.25) is 0 Å². The van der Waals surface area contributed by atoms with E-state index in [2.05, 4.69) is 5.32 Å². The number of nitrogens with one attached hydrogen (secondary N) is 1. The number of urea groups is 1. The van der Waals surface area contributed by atoms with Gasteiger partial charge in [-0.15, -0.1) is 0 Å². The largest absolute Gasteiger partial charge is 0.333 e. The molecule has 3 aromatic rings. The highest BCUT2D eigenvalue weighted by molar-refractivity contribution is 6.31. The monoisotopic (exact) mass is 377 g/mol. The second kappa shape index (κ2) is 6.78. The maximum absolute atomic E-state index is 12.8. The molecule has 1 aliphatic heterocycles. The van der Waals surface area contributed by atoms with Crippen LogP contribution in [-0.4, -0.2) is 16.5 Å². The highest BCUT2D eigenvalue weighted by Crippen LogP contribution is 2.24. The molecule has 1 saturated heterocycles. The Bertz CT molecular complexity index is 1050. The van der Waals surface area contributed by atoms with Crippen LogP contribution in [0.15, 0.2) is 72.6 Å². The van der Waals surface area contributed by atoms with Crippen molar-refractivity contribution in [1.29, 1.82) is 0 Å². The third kappa shape index (κ3) is 3.25. The second-order valence-electron chi connectivity index (χ2n) is 6.24. The van der Waals surface area contributed by atoms with Crippen LogP contribution in [0.4, 0.5) is 10.5 Å². The summed E-state index contributed by atoms with van der Waals surface area (Å²) >= 11 is 5.88. The van der Waals surface area contributed by atoms with Crippen LogP contribution >= 0.6 is 11.6 Å². The van der Waals surface area contributed by atoms with Crippen LogP contribution in [0.2, 0.25) is 5.02 Å². The Labute approximate surface area is 161 Å². The molecule has 1 N–H and O–H groups in total. The van der Waals surface area contributed by atoms with Gasteiger partial charge in [-0.05, 0) is 61.5 Å². The predicted octanol–water partition coefficient (Wildman–Crippen LogP) is 4.54. The molecule has 0 aliphatic carbocycles. The highest BCUT2D eigenvalue weighted by Gasteiger charge is 2.35. The fourth-order valence-electron chi connectivity index (χ4n) is 2.96. The topological polar surface area (TPSA) is 54.3 Å². The van der Waals surface area contributed by atoms with Gasteiger partial charge >= 0.3 is 6.03 Å². The van der Waals surface area contributed by atoms with E-state index in [0.717, 1.165) is 16.3 Å². The molecule has 1 fully saturated rings. The molecule has 0 radical (unpaired) electrons. The molecule has 1 aromatic heterocycles. The number of hydrogen-bond donors (Lipinski definition) is 1. The summed E-state index contributed by atoms with van der Waals surface area (Å²) in [6.07, 6.45) is 3.59. The quantitative estimate of drug-likeness (QED) is 0.538. The van der Waals surface area contributed by atoms with Gasteiger partial charge in [0, 0.05) is 22.6 Å². The van der Waals surface area contributed by atoms with Crippen LogP contribution in [0.5, 0.6) is 0 Å². The molecule has 5 nitrogen and oxygen atoms in total. The van der Waals surface area contributed by atoms with E-state index >= 15 is 0 Å². The van der Waals surface area contributed by atoms with E-state index in [4.69, 9.17) is 11.6 Å². The van der Waals surface area contributed by atoms with Crippen molar-refractivity contribution < 1.29 is 9.59 Å². The van der Waals surface area contributed by atoms with Crippen LogP contribution in [0.3, 0.4) is 0 Å². The van der Waals surface area contributed by atoms with Crippen LogP contribution in [0.25, 0.3) is 11.8 Å². The summed E-state index contributed by atoms with van der Waals surface area (Å²) in [5.74, 6) is -0.404. The van der Waals surface area contributed by atoms with Gasteiger partial charge in [0.15, 0.2) is 0 Å². The lowest BCUT2D eigenvalue weighted by Crippen LogP contribution is -2.30. The minimum atomic E-state index is -0.484. The number of anilines is 1. The van der Waals surface area contributed by atoms with Crippen LogP contribution < -0.4 is 10.2 Å². The van der Waals surface area contributed by atoms with E-state index in [1.165, 1.54) is 5.56 Å². The average Bonchev–Trinajstić information content (AvgIpc) is 3.22. The number of imide groups is 1. The van der Waals surface area contributed by atoms with Gasteiger partial charge in [0.05, 0.1) is 5.69 Å². The fraction of sp³-hybridized carbons (Fsp3) is 0.0476. The second-order valence-corrected chi connectivity index (χ2v) is 6.68. The van der Waals surface area contributed by atoms with Crippen molar-refractivity contribution in [3.05, 3.63) is 88.8 Å². The summed E-state index contributed by atoms with van der Waals surface area (Å²) < 4.78 is 1.96. The molecule has 0 saturated carbocycles. The molecule has 0 spiro atoms. The van der Waals surface area contributed by atoms with Crippen molar-refractivity contribution in [2.75, 3.05) is 4.90 Å². The summed E-state index contributed by atoms with van der Waals surface area (Å²) in [6.45, 7) is 2.03. The number of aryl methyl sites for hydroxylation is 1. The number of rotatable bonds is 3. The summed E-state index contributed by atoms with van der Waals surface area (Å²) in [5, 5.41) is 3.18. The lowest BCUT2D eigenvalue weighted by Gasteiger charge is -2.11. The van der Waals surface area contributed by atoms with Gasteiger partial charge in [-0.25, -0.2) is 9.69 Å². The van der Waals surface area contributed by atoms with Crippen LogP contribution in [-0.2, 0) is 4.79 Å². The molecule has 0 unspecified atom stereocenters. The van der Waals surface area contributed by atoms with Crippen molar-refractivity contribution in [3.63, 3.8) is 0 Å².